The molecule has 3 nitrogen and oxygen atoms in total. The predicted octanol–water partition coefficient (Wildman–Crippen LogP) is 4.03. The predicted molar refractivity (Wildman–Crippen MR) is 90.0 cm³/mol. The van der Waals surface area contributed by atoms with Gasteiger partial charge in [-0.2, -0.15) is 0 Å². The number of hydrogen-bond donors (Lipinski definition) is 1. The number of hydrogen-bond acceptors (Lipinski definition) is 2. The quantitative estimate of drug-likeness (QED) is 0.733. The molecule has 0 aromatic carbocycles. The molecule has 2 unspecified atom stereocenters. The first-order valence-electron chi connectivity index (χ1n) is 8.75. The molecule has 21 heavy (non-hydrogen) atoms. The molecule has 1 rings (SSSR count). The minimum atomic E-state index is 0.0386. The second kappa shape index (κ2) is 7.62. The SMILES string of the molecule is CCCCC1NC(CC(C)C)N(CC(C)(C)C(C)C)C1=O. The van der Waals surface area contributed by atoms with Gasteiger partial charge >= 0.3 is 0 Å². The van der Waals surface area contributed by atoms with E-state index in [1.165, 1.54) is 0 Å². The van der Waals surface area contributed by atoms with Crippen molar-refractivity contribution in [3.63, 3.8) is 0 Å². The van der Waals surface area contributed by atoms with Gasteiger partial charge in [0.15, 0.2) is 0 Å². The Morgan fingerprint density at radius 1 is 1.24 bits per heavy atom. The summed E-state index contributed by atoms with van der Waals surface area (Å²) in [6, 6.07) is 0.0386. The van der Waals surface area contributed by atoms with Crippen LogP contribution in [0.1, 0.15) is 74.1 Å². The van der Waals surface area contributed by atoms with Crippen LogP contribution in [-0.2, 0) is 4.79 Å². The summed E-state index contributed by atoms with van der Waals surface area (Å²) in [7, 11) is 0. The molecule has 2 atom stereocenters. The summed E-state index contributed by atoms with van der Waals surface area (Å²) in [5.41, 5.74) is 0.159. The first kappa shape index (κ1) is 18.5. The van der Waals surface area contributed by atoms with E-state index in [1.54, 1.807) is 0 Å². The Labute approximate surface area is 131 Å². The van der Waals surface area contributed by atoms with Crippen LogP contribution < -0.4 is 5.32 Å². The smallest absolute Gasteiger partial charge is 0.241 e. The number of amides is 1. The van der Waals surface area contributed by atoms with E-state index in [9.17, 15) is 4.79 Å². The molecule has 0 spiro atoms. The minimum Gasteiger partial charge on any atom is -0.325 e. The summed E-state index contributed by atoms with van der Waals surface area (Å²) >= 11 is 0. The third-order valence-electron chi connectivity index (χ3n) is 5.03. The summed E-state index contributed by atoms with van der Waals surface area (Å²) in [5.74, 6) is 1.49. The average Bonchev–Trinajstić information content (AvgIpc) is 2.63. The van der Waals surface area contributed by atoms with E-state index in [0.29, 0.717) is 17.7 Å². The van der Waals surface area contributed by atoms with Crippen molar-refractivity contribution in [2.45, 2.75) is 86.4 Å². The second-order valence-corrected chi connectivity index (χ2v) is 8.12. The van der Waals surface area contributed by atoms with E-state index in [-0.39, 0.29) is 17.6 Å². The Hall–Kier alpha value is -0.570. The Kier molecular flexibility index (Phi) is 6.71. The molecule has 0 aromatic rings. The van der Waals surface area contributed by atoms with Crippen molar-refractivity contribution in [2.24, 2.45) is 17.3 Å². The van der Waals surface area contributed by atoms with E-state index in [4.69, 9.17) is 0 Å². The van der Waals surface area contributed by atoms with Gasteiger partial charge in [0, 0.05) is 6.54 Å². The Morgan fingerprint density at radius 2 is 1.86 bits per heavy atom. The molecular formula is C18H36N2O. The van der Waals surface area contributed by atoms with E-state index in [0.717, 1.165) is 32.2 Å². The van der Waals surface area contributed by atoms with Gasteiger partial charge in [-0.05, 0) is 30.1 Å². The molecule has 1 aliphatic heterocycles. The Balaban J connectivity index is 2.81. The number of nitrogens with zero attached hydrogens (tertiary/aromatic N) is 1. The van der Waals surface area contributed by atoms with Crippen molar-refractivity contribution in [3.05, 3.63) is 0 Å². The normalized spacial score (nSPS) is 23.7. The number of nitrogens with one attached hydrogen (secondary N) is 1. The molecule has 0 aliphatic carbocycles. The highest BCUT2D eigenvalue weighted by atomic mass is 16.2. The summed E-state index contributed by atoms with van der Waals surface area (Å²) < 4.78 is 0. The van der Waals surface area contributed by atoms with Crippen LogP contribution in [0.4, 0.5) is 0 Å². The van der Waals surface area contributed by atoms with Crippen molar-refractivity contribution < 1.29 is 4.79 Å². The largest absolute Gasteiger partial charge is 0.325 e. The van der Waals surface area contributed by atoms with Crippen LogP contribution in [0.2, 0.25) is 0 Å². The maximum Gasteiger partial charge on any atom is 0.241 e. The van der Waals surface area contributed by atoms with Gasteiger partial charge in [0.1, 0.15) is 0 Å². The number of rotatable bonds is 8. The molecule has 0 bridgehead atoms. The molecule has 3 heteroatoms. The molecule has 0 aromatic heterocycles. The zero-order valence-electron chi connectivity index (χ0n) is 15.2. The highest BCUT2D eigenvalue weighted by Crippen LogP contribution is 2.31. The van der Waals surface area contributed by atoms with Crippen LogP contribution in [0.5, 0.6) is 0 Å². The Bertz CT molecular complexity index is 336. The lowest BCUT2D eigenvalue weighted by molar-refractivity contribution is -0.132. The van der Waals surface area contributed by atoms with Crippen molar-refractivity contribution in [1.82, 2.24) is 10.2 Å². The van der Waals surface area contributed by atoms with E-state index in [1.807, 2.05) is 0 Å². The lowest BCUT2D eigenvalue weighted by Gasteiger charge is -2.36. The van der Waals surface area contributed by atoms with Gasteiger partial charge in [-0.1, -0.05) is 61.3 Å². The van der Waals surface area contributed by atoms with E-state index < -0.39 is 0 Å². The van der Waals surface area contributed by atoms with E-state index in [2.05, 4.69) is 58.7 Å². The summed E-state index contributed by atoms with van der Waals surface area (Å²) in [4.78, 5) is 14.9. The molecule has 1 N–H and O–H groups in total. The first-order chi connectivity index (χ1) is 9.69. The molecule has 0 saturated carbocycles. The number of carbonyl (C=O) groups is 1. The van der Waals surface area contributed by atoms with Gasteiger partial charge in [0.2, 0.25) is 5.91 Å². The lowest BCUT2D eigenvalue weighted by atomic mass is 9.80. The van der Waals surface area contributed by atoms with Crippen molar-refractivity contribution in [2.75, 3.05) is 6.54 Å². The number of unbranched alkanes of at least 4 members (excludes halogenated alkanes) is 1. The van der Waals surface area contributed by atoms with Crippen molar-refractivity contribution in [1.29, 1.82) is 0 Å². The van der Waals surface area contributed by atoms with Crippen LogP contribution in [0.3, 0.4) is 0 Å². The average molecular weight is 296 g/mol. The highest BCUT2D eigenvalue weighted by molar-refractivity contribution is 5.84. The molecule has 0 radical (unpaired) electrons. The van der Waals surface area contributed by atoms with Crippen molar-refractivity contribution in [3.8, 4) is 0 Å². The molecule has 1 aliphatic rings. The molecule has 124 valence electrons. The Morgan fingerprint density at radius 3 is 2.33 bits per heavy atom. The minimum absolute atomic E-state index is 0.0386. The molecule has 1 amide bonds. The maximum atomic E-state index is 12.8. The summed E-state index contributed by atoms with van der Waals surface area (Å²) in [5, 5.41) is 3.59. The third kappa shape index (κ3) is 4.98. The number of carbonyl (C=O) groups excluding carboxylic acids is 1. The van der Waals surface area contributed by atoms with E-state index >= 15 is 0 Å². The van der Waals surface area contributed by atoms with Gasteiger partial charge in [-0.15, -0.1) is 0 Å². The summed E-state index contributed by atoms with van der Waals surface area (Å²) in [6.45, 7) is 16.6. The monoisotopic (exact) mass is 296 g/mol. The fourth-order valence-electron chi connectivity index (χ4n) is 2.81. The molecule has 1 saturated heterocycles. The van der Waals surface area contributed by atoms with Crippen LogP contribution in [0, 0.1) is 17.3 Å². The fourth-order valence-corrected chi connectivity index (χ4v) is 2.81. The van der Waals surface area contributed by atoms with Gasteiger partial charge in [-0.3, -0.25) is 10.1 Å². The van der Waals surface area contributed by atoms with Crippen LogP contribution in [0.15, 0.2) is 0 Å². The molecule has 1 heterocycles. The lowest BCUT2D eigenvalue weighted by Crippen LogP contribution is -2.45. The highest BCUT2D eigenvalue weighted by Gasteiger charge is 2.41. The zero-order valence-corrected chi connectivity index (χ0v) is 15.2. The van der Waals surface area contributed by atoms with Crippen LogP contribution >= 0.6 is 0 Å². The van der Waals surface area contributed by atoms with Gasteiger partial charge < -0.3 is 4.90 Å². The molecular weight excluding hydrogens is 260 g/mol. The standard InChI is InChI=1S/C18H36N2O/c1-8-9-10-15-17(21)20(12-18(6,7)14(4)5)16(19-15)11-13(2)3/h13-16,19H,8-12H2,1-7H3. The van der Waals surface area contributed by atoms with Gasteiger partial charge in [0.05, 0.1) is 12.2 Å². The van der Waals surface area contributed by atoms with Crippen LogP contribution in [0.25, 0.3) is 0 Å². The topological polar surface area (TPSA) is 32.3 Å². The van der Waals surface area contributed by atoms with Gasteiger partial charge in [-0.25, -0.2) is 0 Å². The van der Waals surface area contributed by atoms with Crippen LogP contribution in [-0.4, -0.2) is 29.6 Å². The molecule has 1 fully saturated rings. The fraction of sp³-hybridized carbons (Fsp3) is 0.944. The summed E-state index contributed by atoms with van der Waals surface area (Å²) in [6.07, 6.45) is 4.51. The second-order valence-electron chi connectivity index (χ2n) is 8.12. The zero-order chi connectivity index (χ0) is 16.2. The third-order valence-corrected chi connectivity index (χ3v) is 5.03. The van der Waals surface area contributed by atoms with Crippen molar-refractivity contribution >= 4 is 5.91 Å². The first-order valence-corrected chi connectivity index (χ1v) is 8.75. The maximum absolute atomic E-state index is 12.8. The van der Waals surface area contributed by atoms with Gasteiger partial charge in [0.25, 0.3) is 0 Å².